The van der Waals surface area contributed by atoms with Gasteiger partial charge in [-0.25, -0.2) is 0 Å². The number of rotatable bonds is 8. The highest BCUT2D eigenvalue weighted by Gasteiger charge is 2.21. The molecule has 5 nitrogen and oxygen atoms in total. The number of nitrogens with zero attached hydrogens (tertiary/aromatic N) is 3. The van der Waals surface area contributed by atoms with Gasteiger partial charge < -0.3 is 5.32 Å². The summed E-state index contributed by atoms with van der Waals surface area (Å²) < 4.78 is 2.13. The Kier molecular flexibility index (Phi) is 6.91. The summed E-state index contributed by atoms with van der Waals surface area (Å²) in [7, 11) is 0. The summed E-state index contributed by atoms with van der Waals surface area (Å²) in [4.78, 5) is 13.6. The first-order chi connectivity index (χ1) is 13.5. The molecule has 1 aromatic carbocycles. The number of carbonyl (C=O) groups excluding carboxylic acids is 1. The van der Waals surface area contributed by atoms with Crippen LogP contribution in [0.1, 0.15) is 42.8 Å². The zero-order valence-electron chi connectivity index (χ0n) is 16.7. The van der Waals surface area contributed by atoms with E-state index in [1.807, 2.05) is 30.3 Å². The molecule has 3 rings (SSSR count). The van der Waals surface area contributed by atoms with Gasteiger partial charge in [-0.2, -0.15) is 0 Å². The zero-order valence-corrected chi connectivity index (χ0v) is 18.4. The van der Waals surface area contributed by atoms with E-state index in [2.05, 4.69) is 53.2 Å². The normalized spacial score (nSPS) is 11.2. The van der Waals surface area contributed by atoms with E-state index in [0.717, 1.165) is 28.5 Å². The predicted octanol–water partition coefficient (Wildman–Crippen LogP) is 4.87. The molecule has 0 saturated heterocycles. The third kappa shape index (κ3) is 4.64. The molecule has 2 aromatic heterocycles. The second-order valence-electron chi connectivity index (χ2n) is 6.86. The molecular formula is C21H26N4OS2. The Morgan fingerprint density at radius 1 is 1.25 bits per heavy atom. The van der Waals surface area contributed by atoms with Gasteiger partial charge in [-0.05, 0) is 38.3 Å². The quantitative estimate of drug-likeness (QED) is 0.534. The maximum atomic E-state index is 12.3. The Bertz CT molecular complexity index is 931. The Balaban J connectivity index is 1.70. The molecule has 0 radical (unpaired) electrons. The van der Waals surface area contributed by atoms with Crippen LogP contribution in [0.5, 0.6) is 0 Å². The van der Waals surface area contributed by atoms with Gasteiger partial charge in [0.05, 0.1) is 5.75 Å². The molecule has 0 aliphatic rings. The van der Waals surface area contributed by atoms with Crippen molar-refractivity contribution in [3.63, 3.8) is 0 Å². The summed E-state index contributed by atoms with van der Waals surface area (Å²) in [5.74, 6) is 1.21. The molecular weight excluding hydrogens is 388 g/mol. The first-order valence-corrected chi connectivity index (χ1v) is 11.3. The van der Waals surface area contributed by atoms with Crippen LogP contribution in [0.2, 0.25) is 0 Å². The lowest BCUT2D eigenvalue weighted by Gasteiger charge is -2.14. The average molecular weight is 415 g/mol. The highest BCUT2D eigenvalue weighted by molar-refractivity contribution is 7.99. The minimum absolute atomic E-state index is 0.00525. The van der Waals surface area contributed by atoms with Crippen LogP contribution >= 0.6 is 23.1 Å². The average Bonchev–Trinajstić information content (AvgIpc) is 3.28. The van der Waals surface area contributed by atoms with Gasteiger partial charge in [0, 0.05) is 28.4 Å². The van der Waals surface area contributed by atoms with Crippen molar-refractivity contribution in [2.75, 3.05) is 5.75 Å². The number of thioether (sulfide) groups is 1. The summed E-state index contributed by atoms with van der Waals surface area (Å²) in [6, 6.07) is 10.1. The summed E-state index contributed by atoms with van der Waals surface area (Å²) in [5.41, 5.74) is 3.58. The molecule has 148 valence electrons. The van der Waals surface area contributed by atoms with E-state index >= 15 is 0 Å². The van der Waals surface area contributed by atoms with E-state index in [1.54, 1.807) is 11.3 Å². The van der Waals surface area contributed by atoms with Gasteiger partial charge in [0.25, 0.3) is 0 Å². The molecule has 0 spiro atoms. The fraction of sp³-hybridized carbons (Fsp3) is 0.381. The first kappa shape index (κ1) is 20.6. The Morgan fingerprint density at radius 2 is 2.00 bits per heavy atom. The van der Waals surface area contributed by atoms with Gasteiger partial charge in [-0.1, -0.05) is 49.0 Å². The molecule has 1 amide bonds. The number of carbonyl (C=O) groups is 1. The van der Waals surface area contributed by atoms with Crippen molar-refractivity contribution in [2.24, 2.45) is 0 Å². The van der Waals surface area contributed by atoms with Crippen molar-refractivity contribution in [1.82, 2.24) is 20.1 Å². The number of hydrogen-bond acceptors (Lipinski definition) is 5. The highest BCUT2D eigenvalue weighted by Crippen LogP contribution is 2.34. The lowest BCUT2D eigenvalue weighted by molar-refractivity contribution is -0.118. The maximum absolute atomic E-state index is 12.3. The van der Waals surface area contributed by atoms with E-state index in [0.29, 0.717) is 12.3 Å². The highest BCUT2D eigenvalue weighted by atomic mass is 32.2. The van der Waals surface area contributed by atoms with Crippen LogP contribution in [0.3, 0.4) is 0 Å². The third-order valence-electron chi connectivity index (χ3n) is 4.54. The summed E-state index contributed by atoms with van der Waals surface area (Å²) in [5, 5.41) is 14.8. The Morgan fingerprint density at radius 3 is 2.68 bits per heavy atom. The number of nitrogens with one attached hydrogen (secondary N) is 1. The molecule has 28 heavy (non-hydrogen) atoms. The van der Waals surface area contributed by atoms with Crippen LogP contribution in [-0.2, 0) is 17.8 Å². The summed E-state index contributed by atoms with van der Waals surface area (Å²) >= 11 is 3.19. The van der Waals surface area contributed by atoms with Crippen LogP contribution in [-0.4, -0.2) is 26.4 Å². The maximum Gasteiger partial charge on any atom is 0.230 e. The standard InChI is InChI=1S/C21H26N4OS2/c1-5-17-15(4)27-12-18(17)20-23-24-21(25(20)14(2)3)28-13-19(26)22-11-16-9-7-6-8-10-16/h6-10,12,14H,5,11,13H2,1-4H3,(H,22,26). The molecule has 3 aromatic rings. The van der Waals surface area contributed by atoms with Crippen LogP contribution in [0.4, 0.5) is 0 Å². The van der Waals surface area contributed by atoms with E-state index in [4.69, 9.17) is 0 Å². The van der Waals surface area contributed by atoms with E-state index in [-0.39, 0.29) is 11.9 Å². The van der Waals surface area contributed by atoms with E-state index in [1.165, 1.54) is 22.2 Å². The lowest BCUT2D eigenvalue weighted by Crippen LogP contribution is -2.24. The molecule has 2 heterocycles. The summed E-state index contributed by atoms with van der Waals surface area (Å²) in [6.07, 6.45) is 0.972. The molecule has 0 aliphatic heterocycles. The Hall–Kier alpha value is -2.12. The second kappa shape index (κ2) is 9.39. The van der Waals surface area contributed by atoms with Crippen molar-refractivity contribution in [3.8, 4) is 11.4 Å². The molecule has 0 fully saturated rings. The predicted molar refractivity (Wildman–Crippen MR) is 117 cm³/mol. The van der Waals surface area contributed by atoms with Gasteiger partial charge in [-0.3, -0.25) is 9.36 Å². The topological polar surface area (TPSA) is 59.8 Å². The number of hydrogen-bond donors (Lipinski definition) is 1. The van der Waals surface area contributed by atoms with Crippen molar-refractivity contribution in [2.45, 2.75) is 51.9 Å². The van der Waals surface area contributed by atoms with Gasteiger partial charge in [-0.15, -0.1) is 21.5 Å². The van der Waals surface area contributed by atoms with Crippen LogP contribution in [0.25, 0.3) is 11.4 Å². The van der Waals surface area contributed by atoms with Gasteiger partial charge in [0.15, 0.2) is 11.0 Å². The smallest absolute Gasteiger partial charge is 0.230 e. The van der Waals surface area contributed by atoms with Crippen molar-refractivity contribution < 1.29 is 4.79 Å². The Labute approximate surface area is 174 Å². The van der Waals surface area contributed by atoms with Crippen molar-refractivity contribution in [3.05, 3.63) is 51.7 Å². The lowest BCUT2D eigenvalue weighted by atomic mass is 10.1. The van der Waals surface area contributed by atoms with Crippen LogP contribution in [0, 0.1) is 6.92 Å². The van der Waals surface area contributed by atoms with Crippen molar-refractivity contribution in [1.29, 1.82) is 0 Å². The van der Waals surface area contributed by atoms with Crippen molar-refractivity contribution >= 4 is 29.0 Å². The number of thiophene rings is 1. The first-order valence-electron chi connectivity index (χ1n) is 9.46. The van der Waals surface area contributed by atoms with Crippen LogP contribution in [0.15, 0.2) is 40.9 Å². The number of benzene rings is 1. The third-order valence-corrected chi connectivity index (χ3v) is 6.44. The van der Waals surface area contributed by atoms with Gasteiger partial charge in [0.1, 0.15) is 0 Å². The minimum atomic E-state index is -0.00525. The number of amides is 1. The molecule has 0 bridgehead atoms. The monoisotopic (exact) mass is 414 g/mol. The number of aryl methyl sites for hydroxylation is 1. The largest absolute Gasteiger partial charge is 0.351 e. The fourth-order valence-electron chi connectivity index (χ4n) is 3.11. The minimum Gasteiger partial charge on any atom is -0.351 e. The van der Waals surface area contributed by atoms with E-state index < -0.39 is 0 Å². The molecule has 7 heteroatoms. The van der Waals surface area contributed by atoms with Crippen LogP contribution < -0.4 is 5.32 Å². The molecule has 1 N–H and O–H groups in total. The molecule has 0 atom stereocenters. The number of aromatic nitrogens is 3. The SMILES string of the molecule is CCc1c(-c2nnc(SCC(=O)NCc3ccccc3)n2C(C)C)csc1C. The molecule has 0 unspecified atom stereocenters. The van der Waals surface area contributed by atoms with E-state index in [9.17, 15) is 4.79 Å². The fourth-order valence-corrected chi connectivity index (χ4v) is 4.94. The zero-order chi connectivity index (χ0) is 20.1. The molecule has 0 aliphatic carbocycles. The molecule has 0 saturated carbocycles. The van der Waals surface area contributed by atoms with Gasteiger partial charge in [0.2, 0.25) is 5.91 Å². The van der Waals surface area contributed by atoms with Gasteiger partial charge >= 0.3 is 0 Å². The second-order valence-corrected chi connectivity index (χ2v) is 8.88. The summed E-state index contributed by atoms with van der Waals surface area (Å²) in [6.45, 7) is 9.10.